The van der Waals surface area contributed by atoms with Crippen LogP contribution in [0.15, 0.2) is 6.07 Å². The summed E-state index contributed by atoms with van der Waals surface area (Å²) in [7, 11) is 4.23. The lowest BCUT2D eigenvalue weighted by Gasteiger charge is -2.42. The fourth-order valence-corrected chi connectivity index (χ4v) is 4.46. The Balaban J connectivity index is 1.95. The molecule has 1 aliphatic carbocycles. The summed E-state index contributed by atoms with van der Waals surface area (Å²) in [6.07, 6.45) is 5.64. The molecule has 3 rings (SSSR count). The van der Waals surface area contributed by atoms with E-state index in [1.807, 2.05) is 6.07 Å². The highest BCUT2D eigenvalue weighted by Crippen LogP contribution is 2.52. The first-order valence-corrected chi connectivity index (χ1v) is 8.56. The lowest BCUT2D eigenvalue weighted by molar-refractivity contribution is -0.0149. The zero-order valence-electron chi connectivity index (χ0n) is 12.4. The molecule has 5 heteroatoms. The number of rotatable bonds is 2. The molecule has 116 valence electrons. The van der Waals surface area contributed by atoms with Crippen molar-refractivity contribution in [3.8, 4) is 5.75 Å². The Morgan fingerprint density at radius 1 is 1.24 bits per heavy atom. The Kier molecular flexibility index (Phi) is 4.35. The highest BCUT2D eigenvalue weighted by atomic mass is 35.5. The number of ether oxygens (including phenoxy) is 1. The third kappa shape index (κ3) is 2.76. The molecule has 2 nitrogen and oxygen atoms in total. The fourth-order valence-electron chi connectivity index (χ4n) is 3.78. The van der Waals surface area contributed by atoms with Crippen molar-refractivity contribution in [3.05, 3.63) is 26.7 Å². The predicted molar refractivity (Wildman–Crippen MR) is 89.0 cm³/mol. The van der Waals surface area contributed by atoms with Crippen LogP contribution in [0.5, 0.6) is 5.75 Å². The standard InChI is InChI=1S/C16H20Cl3NO/c1-20(2)9-11-5-3-4-6-16(11)8-10-7-12(17)13(18)14(19)15(10)21-16/h7,11H,3-6,8-9H2,1-2H3/t11-,16+/m1/s1. The number of fused-ring (bicyclic) bond motifs is 1. The molecule has 1 aliphatic heterocycles. The van der Waals surface area contributed by atoms with Crippen LogP contribution in [0.2, 0.25) is 15.1 Å². The zero-order chi connectivity index (χ0) is 15.2. The maximum absolute atomic E-state index is 6.41. The quantitative estimate of drug-likeness (QED) is 0.692. The fraction of sp³-hybridized carbons (Fsp3) is 0.625. The Morgan fingerprint density at radius 3 is 2.71 bits per heavy atom. The first-order valence-electron chi connectivity index (χ1n) is 7.43. The van der Waals surface area contributed by atoms with Crippen molar-refractivity contribution in [2.24, 2.45) is 5.92 Å². The van der Waals surface area contributed by atoms with Gasteiger partial charge in [0.05, 0.1) is 10.0 Å². The highest BCUT2D eigenvalue weighted by Gasteiger charge is 2.48. The molecule has 0 unspecified atom stereocenters. The molecular formula is C16H20Cl3NO. The van der Waals surface area contributed by atoms with E-state index in [0.717, 1.165) is 30.7 Å². The smallest absolute Gasteiger partial charge is 0.143 e. The molecule has 2 atom stereocenters. The van der Waals surface area contributed by atoms with Gasteiger partial charge in [-0.05, 0) is 39.4 Å². The molecule has 2 aliphatic rings. The summed E-state index contributed by atoms with van der Waals surface area (Å²) < 4.78 is 6.41. The van der Waals surface area contributed by atoms with E-state index in [1.54, 1.807) is 0 Å². The van der Waals surface area contributed by atoms with E-state index in [-0.39, 0.29) is 5.60 Å². The lowest BCUT2D eigenvalue weighted by atomic mass is 9.73. The molecule has 0 saturated heterocycles. The molecule has 21 heavy (non-hydrogen) atoms. The van der Waals surface area contributed by atoms with Crippen LogP contribution in [-0.4, -0.2) is 31.1 Å². The van der Waals surface area contributed by atoms with Crippen LogP contribution in [0.25, 0.3) is 0 Å². The lowest BCUT2D eigenvalue weighted by Crippen LogP contribution is -2.48. The normalized spacial score (nSPS) is 28.0. The van der Waals surface area contributed by atoms with Gasteiger partial charge in [0.1, 0.15) is 16.4 Å². The van der Waals surface area contributed by atoms with E-state index in [0.29, 0.717) is 21.0 Å². The minimum absolute atomic E-state index is 0.136. The predicted octanol–water partition coefficient (Wildman–Crippen LogP) is 5.07. The van der Waals surface area contributed by atoms with Crippen LogP contribution in [0, 0.1) is 5.92 Å². The summed E-state index contributed by atoms with van der Waals surface area (Å²) in [6.45, 7) is 1.03. The first kappa shape index (κ1) is 15.7. The minimum atomic E-state index is -0.136. The third-order valence-electron chi connectivity index (χ3n) is 4.72. The van der Waals surface area contributed by atoms with Gasteiger partial charge < -0.3 is 9.64 Å². The molecule has 1 saturated carbocycles. The summed E-state index contributed by atoms with van der Waals surface area (Å²) >= 11 is 18.7. The highest BCUT2D eigenvalue weighted by molar-refractivity contribution is 6.48. The number of nitrogens with zero attached hydrogens (tertiary/aromatic N) is 1. The number of halogens is 3. The summed E-state index contributed by atoms with van der Waals surface area (Å²) in [5.41, 5.74) is 0.961. The second-order valence-electron chi connectivity index (χ2n) is 6.52. The molecule has 0 radical (unpaired) electrons. The van der Waals surface area contributed by atoms with Crippen molar-refractivity contribution >= 4 is 34.8 Å². The molecular weight excluding hydrogens is 329 g/mol. The molecule has 1 aromatic rings. The molecule has 1 spiro atoms. The average Bonchev–Trinajstić information content (AvgIpc) is 2.78. The van der Waals surface area contributed by atoms with Gasteiger partial charge >= 0.3 is 0 Å². The van der Waals surface area contributed by atoms with Gasteiger partial charge in [-0.3, -0.25) is 0 Å². The van der Waals surface area contributed by atoms with Crippen LogP contribution in [0.1, 0.15) is 31.2 Å². The van der Waals surface area contributed by atoms with E-state index < -0.39 is 0 Å². The van der Waals surface area contributed by atoms with Gasteiger partial charge in [-0.1, -0.05) is 41.2 Å². The maximum Gasteiger partial charge on any atom is 0.143 e. The van der Waals surface area contributed by atoms with E-state index in [9.17, 15) is 0 Å². The average molecular weight is 349 g/mol. The van der Waals surface area contributed by atoms with Crippen LogP contribution >= 0.6 is 34.8 Å². The van der Waals surface area contributed by atoms with Crippen molar-refractivity contribution in [1.29, 1.82) is 0 Å². The van der Waals surface area contributed by atoms with Crippen molar-refractivity contribution < 1.29 is 4.74 Å². The van der Waals surface area contributed by atoms with E-state index in [1.165, 1.54) is 19.3 Å². The van der Waals surface area contributed by atoms with Crippen molar-refractivity contribution in [2.45, 2.75) is 37.7 Å². The first-order chi connectivity index (χ1) is 9.93. The van der Waals surface area contributed by atoms with E-state index in [4.69, 9.17) is 39.5 Å². The second kappa shape index (κ2) is 5.81. The largest absolute Gasteiger partial charge is 0.485 e. The zero-order valence-corrected chi connectivity index (χ0v) is 14.7. The van der Waals surface area contributed by atoms with E-state index >= 15 is 0 Å². The molecule has 0 bridgehead atoms. The summed E-state index contributed by atoms with van der Waals surface area (Å²) in [5, 5.41) is 1.38. The monoisotopic (exact) mass is 347 g/mol. The third-order valence-corrected chi connectivity index (χ3v) is 5.97. The molecule has 1 fully saturated rings. The Labute approximate surface area is 141 Å². The summed E-state index contributed by atoms with van der Waals surface area (Å²) in [6, 6.07) is 1.92. The van der Waals surface area contributed by atoms with Gasteiger partial charge in [-0.15, -0.1) is 0 Å². The van der Waals surface area contributed by atoms with Gasteiger partial charge in [-0.2, -0.15) is 0 Å². The van der Waals surface area contributed by atoms with Gasteiger partial charge in [-0.25, -0.2) is 0 Å². The second-order valence-corrected chi connectivity index (χ2v) is 7.69. The number of hydrogen-bond acceptors (Lipinski definition) is 2. The molecule has 0 amide bonds. The number of hydrogen-bond donors (Lipinski definition) is 0. The van der Waals surface area contributed by atoms with Crippen LogP contribution < -0.4 is 4.74 Å². The SMILES string of the molecule is CN(C)C[C@H]1CCCC[C@]12Cc1cc(Cl)c(Cl)c(Cl)c1O2. The van der Waals surface area contributed by atoms with E-state index in [2.05, 4.69) is 19.0 Å². The van der Waals surface area contributed by atoms with Gasteiger partial charge in [0, 0.05) is 24.4 Å². The van der Waals surface area contributed by atoms with Crippen molar-refractivity contribution in [3.63, 3.8) is 0 Å². The van der Waals surface area contributed by atoms with Gasteiger partial charge in [0.2, 0.25) is 0 Å². The molecule has 1 aromatic carbocycles. The topological polar surface area (TPSA) is 12.5 Å². The molecule has 1 heterocycles. The minimum Gasteiger partial charge on any atom is -0.485 e. The van der Waals surface area contributed by atoms with Gasteiger partial charge in [0.15, 0.2) is 0 Å². The molecule has 0 aromatic heterocycles. The van der Waals surface area contributed by atoms with Gasteiger partial charge in [0.25, 0.3) is 0 Å². The number of benzene rings is 1. The molecule has 0 N–H and O–H groups in total. The van der Waals surface area contributed by atoms with Crippen LogP contribution in [-0.2, 0) is 6.42 Å². The Hall–Kier alpha value is -0.150. The van der Waals surface area contributed by atoms with Crippen LogP contribution in [0.3, 0.4) is 0 Å². The summed E-state index contributed by atoms with van der Waals surface area (Å²) in [5.74, 6) is 1.26. The van der Waals surface area contributed by atoms with Crippen molar-refractivity contribution in [2.75, 3.05) is 20.6 Å². The maximum atomic E-state index is 6.41. The van der Waals surface area contributed by atoms with Crippen LogP contribution in [0.4, 0.5) is 0 Å². The Bertz CT molecular complexity index is 561. The van der Waals surface area contributed by atoms with Crippen molar-refractivity contribution in [1.82, 2.24) is 4.90 Å². The summed E-state index contributed by atoms with van der Waals surface area (Å²) in [4.78, 5) is 2.24. The Morgan fingerprint density at radius 2 is 2.00 bits per heavy atom.